The van der Waals surface area contributed by atoms with Crippen LogP contribution in [0.25, 0.3) is 0 Å². The standard InChI is InChI=1S/C16H20N2O4/c1-3-11-6-4-5-7-13(11)18-9-12(8-14(18)19)16(21)22-10(2)15(17)20/h4-7,10,12H,3,8-9H2,1-2H3,(H2,17,20)/t10-,12+/m1/s1. The van der Waals surface area contributed by atoms with Crippen LogP contribution in [0.5, 0.6) is 0 Å². The monoisotopic (exact) mass is 304 g/mol. The molecule has 22 heavy (non-hydrogen) atoms. The molecular formula is C16H20N2O4. The number of carbonyl (C=O) groups is 3. The molecule has 2 rings (SSSR count). The average molecular weight is 304 g/mol. The van der Waals surface area contributed by atoms with Crippen LogP contribution in [0.2, 0.25) is 0 Å². The molecule has 0 bridgehead atoms. The van der Waals surface area contributed by atoms with Gasteiger partial charge in [0, 0.05) is 18.7 Å². The maximum Gasteiger partial charge on any atom is 0.312 e. The third-order valence-electron chi connectivity index (χ3n) is 3.82. The first-order valence-corrected chi connectivity index (χ1v) is 7.32. The molecule has 1 saturated heterocycles. The van der Waals surface area contributed by atoms with Gasteiger partial charge in [0.15, 0.2) is 6.10 Å². The Morgan fingerprint density at radius 3 is 2.73 bits per heavy atom. The molecule has 2 N–H and O–H groups in total. The van der Waals surface area contributed by atoms with Crippen molar-refractivity contribution in [3.05, 3.63) is 29.8 Å². The summed E-state index contributed by atoms with van der Waals surface area (Å²) in [7, 11) is 0. The Bertz CT molecular complexity index is 600. The van der Waals surface area contributed by atoms with Crippen LogP contribution in [-0.2, 0) is 25.5 Å². The molecule has 1 fully saturated rings. The van der Waals surface area contributed by atoms with Gasteiger partial charge in [-0.05, 0) is 25.0 Å². The quantitative estimate of drug-likeness (QED) is 0.822. The van der Waals surface area contributed by atoms with Gasteiger partial charge in [0.1, 0.15) is 0 Å². The van der Waals surface area contributed by atoms with Crippen molar-refractivity contribution in [3.8, 4) is 0 Å². The highest BCUT2D eigenvalue weighted by Crippen LogP contribution is 2.29. The van der Waals surface area contributed by atoms with Crippen molar-refractivity contribution in [2.24, 2.45) is 11.7 Å². The molecule has 6 nitrogen and oxygen atoms in total. The zero-order valence-electron chi connectivity index (χ0n) is 12.7. The molecule has 0 radical (unpaired) electrons. The molecule has 0 unspecified atom stereocenters. The van der Waals surface area contributed by atoms with Crippen molar-refractivity contribution in [2.75, 3.05) is 11.4 Å². The summed E-state index contributed by atoms with van der Waals surface area (Å²) in [4.78, 5) is 36.8. The zero-order chi connectivity index (χ0) is 16.3. The van der Waals surface area contributed by atoms with Crippen molar-refractivity contribution in [1.29, 1.82) is 0 Å². The lowest BCUT2D eigenvalue weighted by Crippen LogP contribution is -2.33. The fourth-order valence-electron chi connectivity index (χ4n) is 2.50. The van der Waals surface area contributed by atoms with E-state index in [4.69, 9.17) is 10.5 Å². The summed E-state index contributed by atoms with van der Waals surface area (Å²) >= 11 is 0. The Morgan fingerprint density at radius 2 is 2.09 bits per heavy atom. The van der Waals surface area contributed by atoms with E-state index >= 15 is 0 Å². The number of esters is 1. The lowest BCUT2D eigenvalue weighted by atomic mass is 10.1. The van der Waals surface area contributed by atoms with E-state index in [-0.39, 0.29) is 18.9 Å². The number of nitrogens with two attached hydrogens (primary N) is 1. The highest BCUT2D eigenvalue weighted by Gasteiger charge is 2.37. The van der Waals surface area contributed by atoms with E-state index in [0.717, 1.165) is 17.7 Å². The third-order valence-corrected chi connectivity index (χ3v) is 3.82. The Balaban J connectivity index is 2.11. The van der Waals surface area contributed by atoms with Crippen molar-refractivity contribution in [1.82, 2.24) is 0 Å². The Morgan fingerprint density at radius 1 is 1.41 bits per heavy atom. The van der Waals surface area contributed by atoms with E-state index in [0.29, 0.717) is 0 Å². The maximum absolute atomic E-state index is 12.2. The zero-order valence-corrected chi connectivity index (χ0v) is 12.7. The van der Waals surface area contributed by atoms with Gasteiger partial charge < -0.3 is 15.4 Å². The van der Waals surface area contributed by atoms with Crippen LogP contribution in [-0.4, -0.2) is 30.4 Å². The smallest absolute Gasteiger partial charge is 0.312 e. The summed E-state index contributed by atoms with van der Waals surface area (Å²) in [6.45, 7) is 3.70. The number of para-hydroxylation sites is 1. The molecule has 1 heterocycles. The van der Waals surface area contributed by atoms with Gasteiger partial charge in [-0.2, -0.15) is 0 Å². The third kappa shape index (κ3) is 3.27. The van der Waals surface area contributed by atoms with Crippen LogP contribution < -0.4 is 10.6 Å². The van der Waals surface area contributed by atoms with Crippen LogP contribution >= 0.6 is 0 Å². The van der Waals surface area contributed by atoms with Gasteiger partial charge in [-0.3, -0.25) is 14.4 Å². The lowest BCUT2D eigenvalue weighted by Gasteiger charge is -2.20. The number of rotatable bonds is 5. The molecule has 1 aliphatic rings. The number of nitrogens with zero attached hydrogens (tertiary/aromatic N) is 1. The normalized spacial score (nSPS) is 19.1. The second kappa shape index (κ2) is 6.60. The average Bonchev–Trinajstić information content (AvgIpc) is 2.88. The molecule has 0 aromatic heterocycles. The van der Waals surface area contributed by atoms with Crippen LogP contribution in [0, 0.1) is 5.92 Å². The van der Waals surface area contributed by atoms with E-state index < -0.39 is 23.9 Å². The minimum Gasteiger partial charge on any atom is -0.452 e. The minimum atomic E-state index is -0.986. The maximum atomic E-state index is 12.2. The summed E-state index contributed by atoms with van der Waals surface area (Å²) < 4.78 is 4.99. The summed E-state index contributed by atoms with van der Waals surface area (Å²) in [6, 6.07) is 7.62. The lowest BCUT2D eigenvalue weighted by molar-refractivity contribution is -0.157. The number of ether oxygens (including phenoxy) is 1. The van der Waals surface area contributed by atoms with E-state index in [2.05, 4.69) is 0 Å². The molecule has 1 aromatic carbocycles. The molecule has 2 amide bonds. The number of hydrogen-bond donors (Lipinski definition) is 1. The summed E-state index contributed by atoms with van der Waals surface area (Å²) in [5.41, 5.74) is 6.95. The molecule has 0 aliphatic carbocycles. The first kappa shape index (κ1) is 16.0. The molecular weight excluding hydrogens is 284 g/mol. The summed E-state index contributed by atoms with van der Waals surface area (Å²) in [6.07, 6.45) is -0.101. The number of aryl methyl sites for hydroxylation is 1. The number of carbonyl (C=O) groups excluding carboxylic acids is 3. The fraction of sp³-hybridized carbons (Fsp3) is 0.438. The molecule has 0 saturated carbocycles. The predicted molar refractivity (Wildman–Crippen MR) is 81.0 cm³/mol. The first-order chi connectivity index (χ1) is 10.4. The van der Waals surface area contributed by atoms with Gasteiger partial charge in [0.05, 0.1) is 5.92 Å². The molecule has 1 aromatic rings. The van der Waals surface area contributed by atoms with Gasteiger partial charge >= 0.3 is 5.97 Å². The van der Waals surface area contributed by atoms with Crippen molar-refractivity contribution >= 4 is 23.5 Å². The van der Waals surface area contributed by atoms with Crippen molar-refractivity contribution < 1.29 is 19.1 Å². The van der Waals surface area contributed by atoms with E-state index in [1.165, 1.54) is 6.92 Å². The number of hydrogen-bond acceptors (Lipinski definition) is 4. The van der Waals surface area contributed by atoms with Crippen LogP contribution in [0.15, 0.2) is 24.3 Å². The van der Waals surface area contributed by atoms with Gasteiger partial charge in [-0.15, -0.1) is 0 Å². The van der Waals surface area contributed by atoms with Crippen LogP contribution in [0.4, 0.5) is 5.69 Å². The number of primary amides is 1. The topological polar surface area (TPSA) is 89.7 Å². The van der Waals surface area contributed by atoms with Gasteiger partial charge in [-0.25, -0.2) is 0 Å². The minimum absolute atomic E-state index is 0.0857. The molecule has 1 aliphatic heterocycles. The Hall–Kier alpha value is -2.37. The van der Waals surface area contributed by atoms with Crippen LogP contribution in [0.1, 0.15) is 25.8 Å². The van der Waals surface area contributed by atoms with Gasteiger partial charge in [0.2, 0.25) is 5.91 Å². The molecule has 6 heteroatoms. The summed E-state index contributed by atoms with van der Waals surface area (Å²) in [5, 5.41) is 0. The summed E-state index contributed by atoms with van der Waals surface area (Å²) in [5.74, 6) is -1.95. The first-order valence-electron chi connectivity index (χ1n) is 7.32. The van der Waals surface area contributed by atoms with Crippen molar-refractivity contribution in [3.63, 3.8) is 0 Å². The highest BCUT2D eigenvalue weighted by atomic mass is 16.5. The van der Waals surface area contributed by atoms with E-state index in [1.54, 1.807) is 4.90 Å². The van der Waals surface area contributed by atoms with Gasteiger partial charge in [-0.1, -0.05) is 25.1 Å². The SMILES string of the molecule is CCc1ccccc1N1C[C@@H](C(=O)O[C@H](C)C(N)=O)CC1=O. The number of amides is 2. The molecule has 0 spiro atoms. The highest BCUT2D eigenvalue weighted by molar-refractivity contribution is 6.00. The van der Waals surface area contributed by atoms with Crippen LogP contribution in [0.3, 0.4) is 0 Å². The number of benzene rings is 1. The second-order valence-corrected chi connectivity index (χ2v) is 5.37. The Labute approximate surface area is 129 Å². The molecule has 2 atom stereocenters. The fourth-order valence-corrected chi connectivity index (χ4v) is 2.50. The largest absolute Gasteiger partial charge is 0.452 e. The Kier molecular flexibility index (Phi) is 4.80. The van der Waals surface area contributed by atoms with Crippen molar-refractivity contribution in [2.45, 2.75) is 32.8 Å². The van der Waals surface area contributed by atoms with Gasteiger partial charge in [0.25, 0.3) is 5.91 Å². The van der Waals surface area contributed by atoms with E-state index in [1.807, 2.05) is 31.2 Å². The number of anilines is 1. The molecule has 118 valence electrons. The second-order valence-electron chi connectivity index (χ2n) is 5.37. The van der Waals surface area contributed by atoms with E-state index in [9.17, 15) is 14.4 Å². The predicted octanol–water partition coefficient (Wildman–Crippen LogP) is 1.02.